The van der Waals surface area contributed by atoms with E-state index in [0.29, 0.717) is 6.04 Å². The second kappa shape index (κ2) is 6.64. The molecule has 0 amide bonds. The van der Waals surface area contributed by atoms with Crippen LogP contribution in [0.2, 0.25) is 0 Å². The second-order valence-electron chi connectivity index (χ2n) is 7.71. The molecule has 0 radical (unpaired) electrons. The van der Waals surface area contributed by atoms with E-state index in [2.05, 4.69) is 31.3 Å². The third-order valence-electron chi connectivity index (χ3n) is 6.30. The van der Waals surface area contributed by atoms with Crippen LogP contribution < -0.4 is 18.9 Å². The Balaban J connectivity index is 1.80. The summed E-state index contributed by atoms with van der Waals surface area (Å²) in [6.45, 7) is 2.11. The molecule has 5 nitrogen and oxygen atoms in total. The summed E-state index contributed by atoms with van der Waals surface area (Å²) >= 11 is 0. The predicted molar refractivity (Wildman–Crippen MR) is 104 cm³/mol. The van der Waals surface area contributed by atoms with Crippen LogP contribution in [0.25, 0.3) is 0 Å². The maximum absolute atomic E-state index is 5.58. The van der Waals surface area contributed by atoms with Crippen molar-refractivity contribution in [2.45, 2.75) is 25.4 Å². The first-order chi connectivity index (χ1) is 13.0. The van der Waals surface area contributed by atoms with E-state index in [4.69, 9.17) is 18.9 Å². The van der Waals surface area contributed by atoms with E-state index >= 15 is 0 Å². The molecular weight excluding hydrogens is 342 g/mol. The van der Waals surface area contributed by atoms with Crippen molar-refractivity contribution in [1.29, 1.82) is 0 Å². The van der Waals surface area contributed by atoms with Crippen LogP contribution in [0.5, 0.6) is 23.0 Å². The maximum atomic E-state index is 5.58. The first kappa shape index (κ1) is 18.0. The van der Waals surface area contributed by atoms with Gasteiger partial charge < -0.3 is 23.4 Å². The molecule has 0 aromatic heterocycles. The minimum atomic E-state index is 0.402. The molecule has 2 aromatic carbocycles. The molecule has 0 N–H and O–H groups in total. The smallest absolute Gasteiger partial charge is 0.161 e. The van der Waals surface area contributed by atoms with Gasteiger partial charge in [0.2, 0.25) is 0 Å². The van der Waals surface area contributed by atoms with Crippen LogP contribution in [0.1, 0.15) is 28.3 Å². The number of fused-ring (bicyclic) bond motifs is 4. The molecule has 2 aromatic rings. The number of quaternary nitrogens is 1. The molecule has 0 fully saturated rings. The maximum Gasteiger partial charge on any atom is 0.161 e. The Morgan fingerprint density at radius 1 is 0.741 bits per heavy atom. The summed E-state index contributed by atoms with van der Waals surface area (Å²) in [5, 5.41) is 0. The minimum Gasteiger partial charge on any atom is -0.493 e. The zero-order valence-electron chi connectivity index (χ0n) is 16.8. The van der Waals surface area contributed by atoms with Crippen LogP contribution in [-0.2, 0) is 19.4 Å². The molecular formula is C22H28NO4+. The number of benzene rings is 2. The summed E-state index contributed by atoms with van der Waals surface area (Å²) in [5.74, 6) is 3.23. The lowest BCUT2D eigenvalue weighted by molar-refractivity contribution is -0.956. The van der Waals surface area contributed by atoms with E-state index in [-0.39, 0.29) is 0 Å². The quantitative estimate of drug-likeness (QED) is 0.772. The van der Waals surface area contributed by atoms with Gasteiger partial charge in [-0.2, -0.15) is 0 Å². The van der Waals surface area contributed by atoms with Crippen LogP contribution in [-0.4, -0.2) is 46.5 Å². The number of hydrogen-bond donors (Lipinski definition) is 0. The Bertz CT molecular complexity index is 879. The third-order valence-corrected chi connectivity index (χ3v) is 6.30. The normalized spacial score (nSPS) is 22.9. The Hall–Kier alpha value is -2.40. The number of hydrogen-bond acceptors (Lipinski definition) is 4. The van der Waals surface area contributed by atoms with Gasteiger partial charge >= 0.3 is 0 Å². The van der Waals surface area contributed by atoms with E-state index in [1.165, 1.54) is 22.3 Å². The largest absolute Gasteiger partial charge is 0.493 e. The average molecular weight is 370 g/mol. The Morgan fingerprint density at radius 2 is 1.26 bits per heavy atom. The average Bonchev–Trinajstić information content (AvgIpc) is 2.69. The fourth-order valence-electron chi connectivity index (χ4n) is 4.75. The topological polar surface area (TPSA) is 36.9 Å². The highest BCUT2D eigenvalue weighted by Gasteiger charge is 2.43. The van der Waals surface area contributed by atoms with Gasteiger partial charge in [-0.05, 0) is 35.4 Å². The van der Waals surface area contributed by atoms with Gasteiger partial charge in [0.25, 0.3) is 0 Å². The van der Waals surface area contributed by atoms with Gasteiger partial charge in [0.05, 0.1) is 42.0 Å². The summed E-state index contributed by atoms with van der Waals surface area (Å²) < 4.78 is 23.2. The molecule has 1 unspecified atom stereocenters. The Labute approximate surface area is 161 Å². The van der Waals surface area contributed by atoms with Crippen LogP contribution >= 0.6 is 0 Å². The van der Waals surface area contributed by atoms with Gasteiger partial charge in [-0.3, -0.25) is 0 Å². The SMILES string of the molecule is COc1cc2c(cc1OC)C[N+]1(C)CCc3cc(OC)c(OC)cc3[C@@H]1C2. The molecule has 0 saturated carbocycles. The highest BCUT2D eigenvalue weighted by atomic mass is 16.5. The fraction of sp³-hybridized carbons (Fsp3) is 0.455. The molecule has 144 valence electrons. The lowest BCUT2D eigenvalue weighted by Gasteiger charge is -2.49. The highest BCUT2D eigenvalue weighted by molar-refractivity contribution is 5.51. The monoisotopic (exact) mass is 370 g/mol. The van der Waals surface area contributed by atoms with Crippen molar-refractivity contribution in [3.63, 3.8) is 0 Å². The minimum absolute atomic E-state index is 0.402. The molecule has 2 aliphatic rings. The van der Waals surface area contributed by atoms with Crippen molar-refractivity contribution in [2.75, 3.05) is 42.0 Å². The number of rotatable bonds is 4. The molecule has 2 atom stereocenters. The zero-order valence-corrected chi connectivity index (χ0v) is 16.8. The summed E-state index contributed by atoms with van der Waals surface area (Å²) in [6.07, 6.45) is 2.03. The molecule has 4 rings (SSSR count). The summed E-state index contributed by atoms with van der Waals surface area (Å²) in [4.78, 5) is 0. The van der Waals surface area contributed by atoms with Gasteiger partial charge in [0, 0.05) is 24.0 Å². The number of nitrogens with zero attached hydrogens (tertiary/aromatic N) is 1. The molecule has 0 saturated heterocycles. The standard InChI is InChI=1S/C22H28NO4/c1-23-7-6-14-9-19(24-2)22(27-5)12-17(14)18(23)8-15-10-20(25-3)21(26-4)11-16(15)13-23/h9-12,18H,6-8,13H2,1-5H3/q+1/t18-,23?/m0/s1. The Kier molecular flexibility index (Phi) is 4.42. The van der Waals surface area contributed by atoms with Crippen molar-refractivity contribution in [3.8, 4) is 23.0 Å². The van der Waals surface area contributed by atoms with Crippen molar-refractivity contribution < 1.29 is 23.4 Å². The van der Waals surface area contributed by atoms with Gasteiger partial charge in [0.15, 0.2) is 23.0 Å². The van der Waals surface area contributed by atoms with E-state index in [0.717, 1.165) is 53.4 Å². The molecule has 0 bridgehead atoms. The first-order valence-electron chi connectivity index (χ1n) is 9.35. The summed E-state index contributed by atoms with van der Waals surface area (Å²) in [6, 6.07) is 9.03. The first-order valence-corrected chi connectivity index (χ1v) is 9.35. The molecule has 0 aliphatic carbocycles. The van der Waals surface area contributed by atoms with Crippen molar-refractivity contribution in [1.82, 2.24) is 0 Å². The second-order valence-corrected chi connectivity index (χ2v) is 7.71. The molecule has 27 heavy (non-hydrogen) atoms. The van der Waals surface area contributed by atoms with E-state index in [1.807, 2.05) is 0 Å². The van der Waals surface area contributed by atoms with Gasteiger partial charge in [-0.15, -0.1) is 0 Å². The van der Waals surface area contributed by atoms with Crippen LogP contribution in [0, 0.1) is 0 Å². The summed E-state index contributed by atoms with van der Waals surface area (Å²) in [5.41, 5.74) is 5.45. The van der Waals surface area contributed by atoms with Gasteiger partial charge in [0.1, 0.15) is 12.6 Å². The number of methoxy groups -OCH3 is 4. The third kappa shape index (κ3) is 2.81. The highest BCUT2D eigenvalue weighted by Crippen LogP contribution is 2.47. The molecule has 2 aliphatic heterocycles. The van der Waals surface area contributed by atoms with E-state index < -0.39 is 0 Å². The Morgan fingerprint density at radius 3 is 1.85 bits per heavy atom. The molecule has 2 heterocycles. The van der Waals surface area contributed by atoms with Gasteiger partial charge in [-0.25, -0.2) is 0 Å². The lowest BCUT2D eigenvalue weighted by atomic mass is 9.81. The molecule has 0 spiro atoms. The van der Waals surface area contributed by atoms with Gasteiger partial charge in [-0.1, -0.05) is 0 Å². The number of likely N-dealkylation sites (N-methyl/N-ethyl adjacent to an activating group) is 1. The van der Waals surface area contributed by atoms with Crippen molar-refractivity contribution in [3.05, 3.63) is 46.5 Å². The van der Waals surface area contributed by atoms with E-state index in [9.17, 15) is 0 Å². The zero-order chi connectivity index (χ0) is 19.2. The fourth-order valence-corrected chi connectivity index (χ4v) is 4.75. The molecule has 5 heteroatoms. The van der Waals surface area contributed by atoms with Crippen LogP contribution in [0.4, 0.5) is 0 Å². The number of ether oxygens (including phenoxy) is 4. The van der Waals surface area contributed by atoms with Crippen LogP contribution in [0.15, 0.2) is 24.3 Å². The van der Waals surface area contributed by atoms with Crippen molar-refractivity contribution in [2.24, 2.45) is 0 Å². The van der Waals surface area contributed by atoms with Crippen LogP contribution in [0.3, 0.4) is 0 Å². The summed E-state index contributed by atoms with van der Waals surface area (Å²) in [7, 11) is 9.16. The predicted octanol–water partition coefficient (Wildman–Crippen LogP) is 3.52. The van der Waals surface area contributed by atoms with E-state index in [1.54, 1.807) is 28.4 Å². The lowest BCUT2D eigenvalue weighted by Crippen LogP contribution is -2.53. The van der Waals surface area contributed by atoms with Crippen molar-refractivity contribution >= 4 is 0 Å².